The zero-order valence-corrected chi connectivity index (χ0v) is 12.4. The van der Waals surface area contributed by atoms with Crippen molar-refractivity contribution in [2.24, 2.45) is 5.73 Å². The van der Waals surface area contributed by atoms with E-state index in [1.165, 1.54) is 14.0 Å². The molecule has 102 valence electrons. The molecule has 0 aromatic heterocycles. The Hall–Kier alpha value is -1.64. The molecule has 0 aliphatic carbocycles. The minimum absolute atomic E-state index is 0.248. The largest absolute Gasteiger partial charge is 0.465 e. The molecule has 1 aromatic carbocycles. The highest BCUT2D eigenvalue weighted by molar-refractivity contribution is 6.87. The Morgan fingerprint density at radius 1 is 1.53 bits per heavy atom. The fourth-order valence-electron chi connectivity index (χ4n) is 1.40. The third kappa shape index (κ3) is 3.66. The summed E-state index contributed by atoms with van der Waals surface area (Å²) in [6.45, 7) is 3.28. The van der Waals surface area contributed by atoms with Gasteiger partial charge in [0.15, 0.2) is 8.07 Å². The van der Waals surface area contributed by atoms with E-state index in [1.54, 1.807) is 30.8 Å². The Labute approximate surface area is 114 Å². The minimum atomic E-state index is -2.45. The summed E-state index contributed by atoms with van der Waals surface area (Å²) in [7, 11) is -1.14. The zero-order valence-electron chi connectivity index (χ0n) is 11.4. The van der Waals surface area contributed by atoms with Crippen LogP contribution in [-0.2, 0) is 4.74 Å². The lowest BCUT2D eigenvalue weighted by molar-refractivity contribution is 0.0600. The van der Waals surface area contributed by atoms with Crippen LogP contribution in [0.5, 0.6) is 0 Å². The summed E-state index contributed by atoms with van der Waals surface area (Å²) in [5.74, 6) is 1.42. The Morgan fingerprint density at radius 3 is 2.68 bits per heavy atom. The number of nitrogens with two attached hydrogens (primary N) is 1. The first-order chi connectivity index (χ1) is 8.94. The maximum Gasteiger partial charge on any atom is 0.339 e. The van der Waals surface area contributed by atoms with E-state index < -0.39 is 19.8 Å². The highest BCUT2D eigenvalue weighted by Gasteiger charge is 2.31. The average Bonchev–Trinajstić information content (AvgIpc) is 2.44. The van der Waals surface area contributed by atoms with Gasteiger partial charge in [0.05, 0.1) is 12.7 Å². The molecule has 0 aliphatic heterocycles. The second kappa shape index (κ2) is 6.50. The Morgan fingerprint density at radius 2 is 2.16 bits per heavy atom. The average molecular weight is 279 g/mol. The number of hydrogen-bond acceptors (Lipinski definition) is 3. The van der Waals surface area contributed by atoms with Crippen LogP contribution in [0.2, 0.25) is 6.55 Å². The quantitative estimate of drug-likeness (QED) is 0.522. The van der Waals surface area contributed by atoms with E-state index in [0.717, 1.165) is 0 Å². The number of alkyl halides is 1. The van der Waals surface area contributed by atoms with Crippen molar-refractivity contribution in [2.75, 3.05) is 13.3 Å². The minimum Gasteiger partial charge on any atom is -0.465 e. The van der Waals surface area contributed by atoms with Gasteiger partial charge in [0.25, 0.3) is 0 Å². The molecule has 2 N–H and O–H groups in total. The first-order valence-corrected chi connectivity index (χ1v) is 8.77. The lowest BCUT2D eigenvalue weighted by Gasteiger charge is -2.19. The van der Waals surface area contributed by atoms with E-state index in [2.05, 4.69) is 16.2 Å². The fourth-order valence-corrected chi connectivity index (χ4v) is 2.45. The van der Waals surface area contributed by atoms with Gasteiger partial charge in [0, 0.05) is 11.7 Å². The standard InChI is InChI=1S/C14H18FNO2Si/c1-11(15)19(3,10-16)9-8-12-6-4-5-7-13(12)14(17)18-2/h4-7,11H,10,16H2,1-3H3. The number of esters is 1. The van der Waals surface area contributed by atoms with Crippen LogP contribution in [-0.4, -0.2) is 33.1 Å². The molecule has 1 aromatic rings. The van der Waals surface area contributed by atoms with Crippen molar-refractivity contribution in [3.05, 3.63) is 35.4 Å². The Kier molecular flexibility index (Phi) is 5.28. The van der Waals surface area contributed by atoms with Gasteiger partial charge in [0.2, 0.25) is 0 Å². The smallest absolute Gasteiger partial charge is 0.339 e. The number of carbonyl (C=O) groups excluding carboxylic acids is 1. The number of ether oxygens (including phenoxy) is 1. The van der Waals surface area contributed by atoms with Gasteiger partial charge in [-0.25, -0.2) is 4.79 Å². The van der Waals surface area contributed by atoms with Gasteiger partial charge in [-0.2, -0.15) is 0 Å². The molecule has 5 heteroatoms. The van der Waals surface area contributed by atoms with Crippen molar-refractivity contribution in [1.82, 2.24) is 0 Å². The Balaban J connectivity index is 3.17. The maximum atomic E-state index is 13.6. The summed E-state index contributed by atoms with van der Waals surface area (Å²) in [5, 5.41) is 0. The molecule has 0 radical (unpaired) electrons. The molecule has 19 heavy (non-hydrogen) atoms. The van der Waals surface area contributed by atoms with E-state index in [0.29, 0.717) is 11.1 Å². The molecule has 2 atom stereocenters. The van der Waals surface area contributed by atoms with Crippen LogP contribution < -0.4 is 5.73 Å². The first-order valence-electron chi connectivity index (χ1n) is 5.99. The number of halogens is 1. The first kappa shape index (κ1) is 15.4. The maximum absolute atomic E-state index is 13.6. The number of hydrogen-bond donors (Lipinski definition) is 1. The van der Waals surface area contributed by atoms with Gasteiger partial charge in [-0.15, -0.1) is 5.54 Å². The fraction of sp³-hybridized carbons (Fsp3) is 0.357. The van der Waals surface area contributed by atoms with Crippen LogP contribution in [0.1, 0.15) is 22.8 Å². The molecule has 0 saturated carbocycles. The van der Waals surface area contributed by atoms with Crippen LogP contribution in [0.3, 0.4) is 0 Å². The number of methoxy groups -OCH3 is 1. The third-order valence-corrected chi connectivity index (χ3v) is 6.42. The number of rotatable bonds is 3. The topological polar surface area (TPSA) is 52.3 Å². The summed E-state index contributed by atoms with van der Waals surface area (Å²) in [4.78, 5) is 11.6. The molecule has 0 heterocycles. The summed E-state index contributed by atoms with van der Waals surface area (Å²) < 4.78 is 18.3. The lowest BCUT2D eigenvalue weighted by Crippen LogP contribution is -2.47. The van der Waals surface area contributed by atoms with E-state index in [1.807, 2.05) is 0 Å². The van der Waals surface area contributed by atoms with Crippen molar-refractivity contribution < 1.29 is 13.9 Å². The predicted molar refractivity (Wildman–Crippen MR) is 75.9 cm³/mol. The highest BCUT2D eigenvalue weighted by atomic mass is 28.3. The molecular formula is C14H18FNO2Si. The summed E-state index contributed by atoms with van der Waals surface area (Å²) >= 11 is 0. The normalized spacial score (nSPS) is 14.8. The number of carbonyl (C=O) groups is 1. The van der Waals surface area contributed by atoms with E-state index in [9.17, 15) is 9.18 Å². The van der Waals surface area contributed by atoms with E-state index in [-0.39, 0.29) is 6.17 Å². The Bertz CT molecular complexity index is 522. The van der Waals surface area contributed by atoms with Crippen molar-refractivity contribution in [3.8, 4) is 11.5 Å². The van der Waals surface area contributed by atoms with Crippen LogP contribution in [0.25, 0.3) is 0 Å². The predicted octanol–water partition coefficient (Wildman–Crippen LogP) is 1.84. The molecule has 3 nitrogen and oxygen atoms in total. The molecule has 0 fully saturated rings. The van der Waals surface area contributed by atoms with Gasteiger partial charge >= 0.3 is 5.97 Å². The molecule has 0 spiro atoms. The summed E-state index contributed by atoms with van der Waals surface area (Å²) in [6.07, 6.45) is 0.248. The van der Waals surface area contributed by atoms with Crippen LogP contribution >= 0.6 is 0 Å². The SMILES string of the molecule is COC(=O)c1ccccc1C#C[Si](C)(CN)C(C)F. The van der Waals surface area contributed by atoms with Gasteiger partial charge in [-0.05, 0) is 19.1 Å². The van der Waals surface area contributed by atoms with Gasteiger partial charge in [-0.3, -0.25) is 4.39 Å². The third-order valence-electron chi connectivity index (χ3n) is 3.12. The van der Waals surface area contributed by atoms with Crippen molar-refractivity contribution in [2.45, 2.75) is 19.3 Å². The molecular weight excluding hydrogens is 261 g/mol. The summed E-state index contributed by atoms with van der Waals surface area (Å²) in [6, 6.07) is 6.86. The monoisotopic (exact) mass is 279 g/mol. The number of benzene rings is 1. The molecule has 2 unspecified atom stereocenters. The van der Waals surface area contributed by atoms with E-state index in [4.69, 9.17) is 5.73 Å². The molecule has 0 bridgehead atoms. The lowest BCUT2D eigenvalue weighted by atomic mass is 10.1. The van der Waals surface area contributed by atoms with Gasteiger partial charge in [-0.1, -0.05) is 24.6 Å². The highest BCUT2D eigenvalue weighted by Crippen LogP contribution is 2.12. The molecule has 1 rings (SSSR count). The molecule has 0 saturated heterocycles. The van der Waals surface area contributed by atoms with Crippen LogP contribution in [0.4, 0.5) is 4.39 Å². The van der Waals surface area contributed by atoms with Crippen molar-refractivity contribution >= 4 is 14.0 Å². The van der Waals surface area contributed by atoms with Crippen LogP contribution in [0, 0.1) is 11.5 Å². The molecule has 0 amide bonds. The molecule has 0 aliphatic rings. The van der Waals surface area contributed by atoms with Gasteiger partial charge in [0.1, 0.15) is 5.79 Å². The van der Waals surface area contributed by atoms with Gasteiger partial charge < -0.3 is 10.5 Å². The zero-order chi connectivity index (χ0) is 14.5. The van der Waals surface area contributed by atoms with Crippen molar-refractivity contribution in [3.63, 3.8) is 0 Å². The van der Waals surface area contributed by atoms with Crippen molar-refractivity contribution in [1.29, 1.82) is 0 Å². The second-order valence-corrected chi connectivity index (χ2v) is 8.81. The second-order valence-electron chi connectivity index (χ2n) is 4.52. The summed E-state index contributed by atoms with van der Waals surface area (Å²) in [5.41, 5.74) is 9.52. The van der Waals surface area contributed by atoms with Crippen LogP contribution in [0.15, 0.2) is 24.3 Å². The van der Waals surface area contributed by atoms with E-state index >= 15 is 0 Å².